The Labute approximate surface area is 236 Å². The lowest BCUT2D eigenvalue weighted by atomic mass is 9.97. The van der Waals surface area contributed by atoms with Crippen LogP contribution in [0.2, 0.25) is 10.0 Å². The van der Waals surface area contributed by atoms with Gasteiger partial charge in [0.25, 0.3) is 11.8 Å². The SMILES string of the molecule is O=C(O)C(c1ccc(Cl)cc1)N1C(=O)c2cc(I)ccc2N(C(CO)CO)C(=O)C1c1ccc(Cl)cc1. The first-order valence-corrected chi connectivity index (χ1v) is 12.9. The highest BCUT2D eigenvalue weighted by Gasteiger charge is 2.47. The quantitative estimate of drug-likeness (QED) is 0.327. The lowest BCUT2D eigenvalue weighted by molar-refractivity contribution is -0.144. The van der Waals surface area contributed by atoms with Crippen molar-refractivity contribution in [2.45, 2.75) is 18.1 Å². The molecule has 2 atom stereocenters. The molecule has 1 aliphatic rings. The summed E-state index contributed by atoms with van der Waals surface area (Å²) in [6, 6.07) is 12.8. The zero-order chi connectivity index (χ0) is 26.9. The molecule has 0 aromatic heterocycles. The molecule has 3 N–H and O–H groups in total. The van der Waals surface area contributed by atoms with E-state index in [1.54, 1.807) is 18.2 Å². The average Bonchev–Trinajstić information content (AvgIpc) is 2.96. The molecule has 1 aliphatic heterocycles. The third kappa shape index (κ3) is 5.32. The third-order valence-corrected chi connectivity index (χ3v) is 7.28. The molecule has 0 fully saturated rings. The molecule has 11 heteroatoms. The van der Waals surface area contributed by atoms with Gasteiger partial charge in [-0.05, 0) is 76.2 Å². The van der Waals surface area contributed by atoms with Gasteiger partial charge in [-0.2, -0.15) is 0 Å². The largest absolute Gasteiger partial charge is 0.479 e. The predicted octanol–water partition coefficient (Wildman–Crippen LogP) is 4.31. The van der Waals surface area contributed by atoms with Crippen molar-refractivity contribution >= 4 is 69.3 Å². The van der Waals surface area contributed by atoms with Crippen LogP contribution in [0.4, 0.5) is 5.69 Å². The number of nitrogens with zero attached hydrogens (tertiary/aromatic N) is 2. The molecular formula is C26H21Cl2IN2O6. The summed E-state index contributed by atoms with van der Waals surface area (Å²) in [7, 11) is 0. The Balaban J connectivity index is 2.04. The molecule has 3 aromatic rings. The van der Waals surface area contributed by atoms with Gasteiger partial charge in [0.2, 0.25) is 0 Å². The zero-order valence-corrected chi connectivity index (χ0v) is 22.8. The molecule has 1 heterocycles. The summed E-state index contributed by atoms with van der Waals surface area (Å²) in [6.07, 6.45) is 0. The van der Waals surface area contributed by atoms with Crippen LogP contribution in [-0.2, 0) is 9.59 Å². The number of rotatable bonds is 7. The molecule has 0 radical (unpaired) electrons. The van der Waals surface area contributed by atoms with Crippen LogP contribution in [-0.4, -0.2) is 57.3 Å². The van der Waals surface area contributed by atoms with E-state index in [0.717, 1.165) is 4.90 Å². The van der Waals surface area contributed by atoms with Crippen molar-refractivity contribution in [1.29, 1.82) is 0 Å². The first-order valence-electron chi connectivity index (χ1n) is 11.1. The second-order valence-corrected chi connectivity index (χ2v) is 10.5. The number of aliphatic hydroxyl groups is 2. The van der Waals surface area contributed by atoms with E-state index in [2.05, 4.69) is 0 Å². The maximum Gasteiger partial charge on any atom is 0.331 e. The van der Waals surface area contributed by atoms with Gasteiger partial charge in [0.1, 0.15) is 6.04 Å². The smallest absolute Gasteiger partial charge is 0.331 e. The Hall–Kier alpha value is -2.70. The number of carboxylic acids is 1. The summed E-state index contributed by atoms with van der Waals surface area (Å²) in [5.41, 5.74) is 0.762. The Morgan fingerprint density at radius 2 is 1.49 bits per heavy atom. The number of benzene rings is 3. The first kappa shape index (κ1) is 27.3. The average molecular weight is 655 g/mol. The van der Waals surface area contributed by atoms with Gasteiger partial charge in [-0.25, -0.2) is 4.79 Å². The third-order valence-electron chi connectivity index (χ3n) is 6.10. The van der Waals surface area contributed by atoms with Crippen molar-refractivity contribution in [3.63, 3.8) is 0 Å². The normalized spacial score (nSPS) is 16.5. The van der Waals surface area contributed by atoms with E-state index in [4.69, 9.17) is 23.2 Å². The van der Waals surface area contributed by atoms with E-state index < -0.39 is 49.1 Å². The molecule has 2 amide bonds. The molecule has 0 saturated carbocycles. The van der Waals surface area contributed by atoms with Crippen LogP contribution in [0, 0.1) is 3.57 Å². The second kappa shape index (κ2) is 11.4. The molecule has 4 rings (SSSR count). The van der Waals surface area contributed by atoms with Crippen LogP contribution in [0.25, 0.3) is 0 Å². The topological polar surface area (TPSA) is 118 Å². The summed E-state index contributed by atoms with van der Waals surface area (Å²) < 4.78 is 0.671. The number of aliphatic hydroxyl groups excluding tert-OH is 2. The molecule has 0 spiro atoms. The monoisotopic (exact) mass is 654 g/mol. The standard InChI is InChI=1S/C26H21Cl2IN2O6/c27-16-5-1-14(2-6-16)22-25(35)30(19(12-32)13-33)21-10-9-18(29)11-20(21)24(34)31(22)23(26(36)37)15-3-7-17(28)8-4-15/h1-11,19,22-23,32-33H,12-13H2,(H,36,37). The van der Waals surface area contributed by atoms with Crippen molar-refractivity contribution in [3.8, 4) is 0 Å². The minimum atomic E-state index is -1.57. The van der Waals surface area contributed by atoms with Crippen LogP contribution < -0.4 is 4.90 Å². The summed E-state index contributed by atoms with van der Waals surface area (Å²) in [6.45, 7) is -1.18. The lowest BCUT2D eigenvalue weighted by Gasteiger charge is -2.36. The number of halogens is 3. The number of carbonyl (C=O) groups is 3. The van der Waals surface area contributed by atoms with E-state index in [9.17, 15) is 29.7 Å². The number of anilines is 1. The number of carbonyl (C=O) groups excluding carboxylic acids is 2. The van der Waals surface area contributed by atoms with Gasteiger partial charge in [-0.3, -0.25) is 9.59 Å². The fraction of sp³-hybridized carbons (Fsp3) is 0.192. The Morgan fingerprint density at radius 3 is 2.03 bits per heavy atom. The fourth-order valence-electron chi connectivity index (χ4n) is 4.39. The highest BCUT2D eigenvalue weighted by atomic mass is 127. The molecule has 0 aliphatic carbocycles. The van der Waals surface area contributed by atoms with Crippen LogP contribution in [0.3, 0.4) is 0 Å². The van der Waals surface area contributed by atoms with Gasteiger partial charge in [-0.15, -0.1) is 0 Å². The molecular weight excluding hydrogens is 634 g/mol. The minimum Gasteiger partial charge on any atom is -0.479 e. The Morgan fingerprint density at radius 1 is 0.919 bits per heavy atom. The van der Waals surface area contributed by atoms with E-state index >= 15 is 0 Å². The van der Waals surface area contributed by atoms with Crippen molar-refractivity contribution in [2.75, 3.05) is 18.1 Å². The van der Waals surface area contributed by atoms with Crippen molar-refractivity contribution in [3.05, 3.63) is 97.0 Å². The highest BCUT2D eigenvalue weighted by molar-refractivity contribution is 14.1. The van der Waals surface area contributed by atoms with Gasteiger partial charge in [-0.1, -0.05) is 47.5 Å². The Bertz CT molecular complexity index is 1330. The molecule has 3 aromatic carbocycles. The fourth-order valence-corrected chi connectivity index (χ4v) is 5.14. The molecule has 8 nitrogen and oxygen atoms in total. The van der Waals surface area contributed by atoms with Gasteiger partial charge < -0.3 is 25.1 Å². The lowest BCUT2D eigenvalue weighted by Crippen LogP contribution is -2.50. The van der Waals surface area contributed by atoms with E-state index in [1.165, 1.54) is 53.4 Å². The van der Waals surface area contributed by atoms with Crippen LogP contribution in [0.1, 0.15) is 33.6 Å². The molecule has 0 saturated heterocycles. The molecule has 0 bridgehead atoms. The van der Waals surface area contributed by atoms with Gasteiger partial charge in [0.15, 0.2) is 6.04 Å². The van der Waals surface area contributed by atoms with Crippen molar-refractivity contribution in [2.24, 2.45) is 0 Å². The predicted molar refractivity (Wildman–Crippen MR) is 147 cm³/mol. The Kier molecular flexibility index (Phi) is 8.39. The summed E-state index contributed by atoms with van der Waals surface area (Å²) in [5, 5.41) is 31.2. The van der Waals surface area contributed by atoms with E-state index in [-0.39, 0.29) is 16.8 Å². The molecule has 192 valence electrons. The maximum absolute atomic E-state index is 14.3. The van der Waals surface area contributed by atoms with Crippen molar-refractivity contribution in [1.82, 2.24) is 4.90 Å². The first-order chi connectivity index (χ1) is 17.7. The molecule has 2 unspecified atom stereocenters. The highest BCUT2D eigenvalue weighted by Crippen LogP contribution is 2.41. The van der Waals surface area contributed by atoms with Gasteiger partial charge in [0.05, 0.1) is 30.5 Å². The summed E-state index contributed by atoms with van der Waals surface area (Å²) in [5.74, 6) is -2.76. The number of hydrogen-bond acceptors (Lipinski definition) is 5. The number of hydrogen-bond donors (Lipinski definition) is 3. The molecule has 37 heavy (non-hydrogen) atoms. The van der Waals surface area contributed by atoms with E-state index in [1.807, 2.05) is 22.6 Å². The van der Waals surface area contributed by atoms with Gasteiger partial charge in [0, 0.05) is 13.6 Å². The van der Waals surface area contributed by atoms with Crippen molar-refractivity contribution < 1.29 is 29.7 Å². The maximum atomic E-state index is 14.3. The number of fused-ring (bicyclic) bond motifs is 1. The summed E-state index contributed by atoms with van der Waals surface area (Å²) >= 11 is 14.1. The van der Waals surface area contributed by atoms with Crippen LogP contribution in [0.5, 0.6) is 0 Å². The van der Waals surface area contributed by atoms with Gasteiger partial charge >= 0.3 is 5.97 Å². The van der Waals surface area contributed by atoms with Crippen LogP contribution in [0.15, 0.2) is 66.7 Å². The zero-order valence-electron chi connectivity index (χ0n) is 19.1. The number of carboxylic acid groups (broad SMARTS) is 1. The van der Waals surface area contributed by atoms with E-state index in [0.29, 0.717) is 19.2 Å². The second-order valence-electron chi connectivity index (χ2n) is 8.35. The van der Waals surface area contributed by atoms with Crippen LogP contribution >= 0.6 is 45.8 Å². The number of aliphatic carboxylic acids is 1. The summed E-state index contributed by atoms with van der Waals surface area (Å²) in [4.78, 5) is 43.4. The number of amides is 2. The minimum absolute atomic E-state index is 0.0591.